The molecule has 34 heavy (non-hydrogen) atoms. The molecule has 4 aromatic rings. The highest BCUT2D eigenvalue weighted by molar-refractivity contribution is 6.01. The second-order valence-electron chi connectivity index (χ2n) is 8.80. The molecule has 0 bridgehead atoms. The second kappa shape index (κ2) is 9.25. The fourth-order valence-electron chi connectivity index (χ4n) is 4.55. The summed E-state index contributed by atoms with van der Waals surface area (Å²) in [6.07, 6.45) is 1.72. The first-order valence-corrected chi connectivity index (χ1v) is 11.4. The van der Waals surface area contributed by atoms with E-state index < -0.39 is 6.04 Å². The maximum atomic E-state index is 13.6. The number of fused-ring (bicyclic) bond motifs is 1. The third-order valence-electron chi connectivity index (χ3n) is 6.22. The van der Waals surface area contributed by atoms with E-state index in [-0.39, 0.29) is 5.78 Å². The van der Waals surface area contributed by atoms with E-state index in [1.165, 1.54) is 11.1 Å². The quantitative estimate of drug-likeness (QED) is 0.462. The average molecular weight is 453 g/mol. The van der Waals surface area contributed by atoms with Crippen LogP contribution in [0.1, 0.15) is 33.4 Å². The number of aromatic nitrogens is 2. The van der Waals surface area contributed by atoms with Gasteiger partial charge < -0.3 is 9.64 Å². The molecule has 172 valence electrons. The molecule has 1 N–H and O–H groups in total. The van der Waals surface area contributed by atoms with Crippen LogP contribution in [-0.4, -0.2) is 41.4 Å². The second-order valence-corrected chi connectivity index (χ2v) is 8.80. The molecule has 1 aliphatic heterocycles. The molecule has 0 fully saturated rings. The molecular formula is C28H28N4O2. The summed E-state index contributed by atoms with van der Waals surface area (Å²) >= 11 is 0. The van der Waals surface area contributed by atoms with Gasteiger partial charge in [-0.05, 0) is 60.6 Å². The van der Waals surface area contributed by atoms with Gasteiger partial charge in [0.15, 0.2) is 0 Å². The Labute approximate surface area is 199 Å². The molecular weight excluding hydrogens is 424 g/mol. The molecule has 1 aromatic heterocycles. The first kappa shape index (κ1) is 22.1. The zero-order valence-electron chi connectivity index (χ0n) is 19.7. The highest BCUT2D eigenvalue weighted by Crippen LogP contribution is 2.30. The highest BCUT2D eigenvalue weighted by atomic mass is 16.5. The predicted octanol–water partition coefficient (Wildman–Crippen LogP) is 4.64. The van der Waals surface area contributed by atoms with Crippen molar-refractivity contribution in [1.29, 1.82) is 0 Å². The van der Waals surface area contributed by atoms with Crippen LogP contribution in [0, 0.1) is 0 Å². The maximum absolute atomic E-state index is 13.6. The standard InChI is InChI=1S/C28H28N4O2/c1-31(2)17-21-6-4-5-7-24(21)19-8-10-20(11-9-19)26-28(33)27-25(16-29-26)30-18-32(27)22-12-14-23(34-3)15-13-22/h4-15,18,26,29H,16-17H2,1-3H3. The van der Waals surface area contributed by atoms with Gasteiger partial charge in [-0.25, -0.2) is 4.98 Å². The van der Waals surface area contributed by atoms with Crippen molar-refractivity contribution in [1.82, 2.24) is 19.8 Å². The number of methoxy groups -OCH3 is 1. The number of carbonyl (C=O) groups excluding carboxylic acids is 1. The van der Waals surface area contributed by atoms with E-state index in [1.54, 1.807) is 13.4 Å². The van der Waals surface area contributed by atoms with Crippen LogP contribution >= 0.6 is 0 Å². The molecule has 2 heterocycles. The molecule has 0 spiro atoms. The van der Waals surface area contributed by atoms with Crippen LogP contribution in [-0.2, 0) is 13.1 Å². The van der Waals surface area contributed by atoms with E-state index >= 15 is 0 Å². The normalized spacial score (nSPS) is 15.4. The lowest BCUT2D eigenvalue weighted by molar-refractivity contribution is 0.0922. The fraction of sp³-hybridized carbons (Fsp3) is 0.214. The van der Waals surface area contributed by atoms with Gasteiger partial charge >= 0.3 is 0 Å². The van der Waals surface area contributed by atoms with Crippen LogP contribution in [0.15, 0.2) is 79.1 Å². The van der Waals surface area contributed by atoms with Crippen molar-refractivity contribution >= 4 is 5.78 Å². The number of hydrogen-bond donors (Lipinski definition) is 1. The third kappa shape index (κ3) is 4.14. The topological polar surface area (TPSA) is 59.4 Å². The van der Waals surface area contributed by atoms with E-state index in [0.29, 0.717) is 12.2 Å². The molecule has 3 aromatic carbocycles. The van der Waals surface area contributed by atoms with Crippen LogP contribution in [0.25, 0.3) is 16.8 Å². The van der Waals surface area contributed by atoms with Crippen molar-refractivity contribution in [2.24, 2.45) is 0 Å². The number of rotatable bonds is 6. The number of nitrogens with one attached hydrogen (secondary N) is 1. The van der Waals surface area contributed by atoms with Crippen LogP contribution in [0.3, 0.4) is 0 Å². The van der Waals surface area contributed by atoms with Crippen molar-refractivity contribution in [2.75, 3.05) is 21.2 Å². The van der Waals surface area contributed by atoms with Gasteiger partial charge in [0.2, 0.25) is 5.78 Å². The number of imidazole rings is 1. The molecule has 5 rings (SSSR count). The first-order chi connectivity index (χ1) is 16.5. The smallest absolute Gasteiger partial charge is 0.202 e. The minimum absolute atomic E-state index is 0.0234. The zero-order chi connectivity index (χ0) is 23.7. The monoisotopic (exact) mass is 452 g/mol. The average Bonchev–Trinajstić information content (AvgIpc) is 3.30. The van der Waals surface area contributed by atoms with Crippen LogP contribution in [0.4, 0.5) is 0 Å². The largest absolute Gasteiger partial charge is 0.497 e. The molecule has 1 atom stereocenters. The van der Waals surface area contributed by atoms with Gasteiger partial charge in [-0.1, -0.05) is 48.5 Å². The van der Waals surface area contributed by atoms with Crippen LogP contribution in [0.2, 0.25) is 0 Å². The summed E-state index contributed by atoms with van der Waals surface area (Å²) in [6.45, 7) is 1.42. The van der Waals surface area contributed by atoms with Crippen LogP contribution < -0.4 is 10.1 Å². The van der Waals surface area contributed by atoms with Gasteiger partial charge in [-0.3, -0.25) is 14.7 Å². The Hall–Kier alpha value is -3.74. The summed E-state index contributed by atoms with van der Waals surface area (Å²) in [5.41, 5.74) is 6.88. The number of benzene rings is 3. The molecule has 0 amide bonds. The number of Topliss-reactive ketones (excluding diaryl/α,β-unsaturated/α-hetero) is 1. The lowest BCUT2D eigenvalue weighted by Crippen LogP contribution is -2.35. The fourth-order valence-corrected chi connectivity index (χ4v) is 4.55. The molecule has 0 saturated heterocycles. The Morgan fingerprint density at radius 3 is 2.47 bits per heavy atom. The Kier molecular flexibility index (Phi) is 6.01. The van der Waals surface area contributed by atoms with Gasteiger partial charge in [0, 0.05) is 18.8 Å². The van der Waals surface area contributed by atoms with E-state index in [1.807, 2.05) is 28.8 Å². The summed E-state index contributed by atoms with van der Waals surface area (Å²) < 4.78 is 7.13. The number of hydrogen-bond acceptors (Lipinski definition) is 5. The predicted molar refractivity (Wildman–Crippen MR) is 133 cm³/mol. The molecule has 0 saturated carbocycles. The molecule has 1 aliphatic rings. The van der Waals surface area contributed by atoms with Crippen LogP contribution in [0.5, 0.6) is 5.75 Å². The zero-order valence-corrected chi connectivity index (χ0v) is 19.7. The Morgan fingerprint density at radius 2 is 1.76 bits per heavy atom. The lowest BCUT2D eigenvalue weighted by atomic mass is 9.93. The van der Waals surface area contributed by atoms with E-state index in [0.717, 1.165) is 34.8 Å². The van der Waals surface area contributed by atoms with Crippen molar-refractivity contribution in [3.63, 3.8) is 0 Å². The minimum Gasteiger partial charge on any atom is -0.497 e. The van der Waals surface area contributed by atoms with Crippen molar-refractivity contribution in [3.8, 4) is 22.6 Å². The van der Waals surface area contributed by atoms with Gasteiger partial charge in [-0.2, -0.15) is 0 Å². The minimum atomic E-state index is -0.410. The number of ketones is 1. The summed E-state index contributed by atoms with van der Waals surface area (Å²) in [6, 6.07) is 24.0. The van der Waals surface area contributed by atoms with E-state index in [9.17, 15) is 4.79 Å². The van der Waals surface area contributed by atoms with Gasteiger partial charge in [0.25, 0.3) is 0 Å². The Morgan fingerprint density at radius 1 is 1.03 bits per heavy atom. The maximum Gasteiger partial charge on any atom is 0.202 e. The highest BCUT2D eigenvalue weighted by Gasteiger charge is 2.32. The molecule has 6 nitrogen and oxygen atoms in total. The van der Waals surface area contributed by atoms with Crippen molar-refractivity contribution < 1.29 is 9.53 Å². The number of ether oxygens (including phenoxy) is 1. The summed E-state index contributed by atoms with van der Waals surface area (Å²) in [5.74, 6) is 0.797. The first-order valence-electron chi connectivity index (χ1n) is 11.4. The SMILES string of the molecule is COc1ccc(-n2cnc3c2C(=O)C(c2ccc(-c4ccccc4CN(C)C)cc2)NC3)cc1. The summed E-state index contributed by atoms with van der Waals surface area (Å²) in [7, 11) is 5.79. The molecule has 0 radical (unpaired) electrons. The summed E-state index contributed by atoms with van der Waals surface area (Å²) in [5, 5.41) is 3.37. The van der Waals surface area contributed by atoms with Gasteiger partial charge in [0.05, 0.1) is 18.8 Å². The van der Waals surface area contributed by atoms with E-state index in [2.05, 4.69) is 77.8 Å². The Balaban J connectivity index is 1.43. The summed E-state index contributed by atoms with van der Waals surface area (Å²) in [4.78, 5) is 20.2. The van der Waals surface area contributed by atoms with Crippen molar-refractivity contribution in [3.05, 3.63) is 102 Å². The molecule has 0 aliphatic carbocycles. The lowest BCUT2D eigenvalue weighted by Gasteiger charge is -2.24. The van der Waals surface area contributed by atoms with Gasteiger partial charge in [0.1, 0.15) is 17.8 Å². The molecule has 1 unspecified atom stereocenters. The van der Waals surface area contributed by atoms with E-state index in [4.69, 9.17) is 4.74 Å². The van der Waals surface area contributed by atoms with Gasteiger partial charge in [-0.15, -0.1) is 0 Å². The Bertz CT molecular complexity index is 1310. The third-order valence-corrected chi connectivity index (χ3v) is 6.22. The number of nitrogens with zero attached hydrogens (tertiary/aromatic N) is 3. The van der Waals surface area contributed by atoms with Crippen molar-refractivity contribution in [2.45, 2.75) is 19.1 Å². The molecule has 6 heteroatoms. The number of carbonyl (C=O) groups is 1.